The third-order valence-corrected chi connectivity index (χ3v) is 6.77. The van der Waals surface area contributed by atoms with Crippen LogP contribution in [0.15, 0.2) is 42.7 Å². The molecule has 8 heteroatoms. The Balaban J connectivity index is 1.49. The number of hydrogen-bond acceptors (Lipinski definition) is 4. The van der Waals surface area contributed by atoms with Gasteiger partial charge in [-0.3, -0.25) is 14.5 Å². The summed E-state index contributed by atoms with van der Waals surface area (Å²) in [6, 6.07) is 7.86. The lowest BCUT2D eigenvalue weighted by molar-refractivity contribution is 0.0762. The van der Waals surface area contributed by atoms with Crippen molar-refractivity contribution in [2.75, 3.05) is 0 Å². The van der Waals surface area contributed by atoms with Crippen LogP contribution in [-0.4, -0.2) is 30.7 Å². The molecular formula is C28H28F2N4O2. The van der Waals surface area contributed by atoms with Crippen LogP contribution < -0.4 is 0 Å². The number of carbonyl (C=O) groups excluding carboxylic acids is 1. The van der Waals surface area contributed by atoms with Crippen molar-refractivity contribution in [2.45, 2.75) is 52.3 Å². The Bertz CT molecular complexity index is 1500. The summed E-state index contributed by atoms with van der Waals surface area (Å²) in [7, 11) is 1.76. The summed E-state index contributed by atoms with van der Waals surface area (Å²) < 4.78 is 32.2. The Kier molecular flexibility index (Phi) is 5.67. The van der Waals surface area contributed by atoms with Gasteiger partial charge in [-0.05, 0) is 54.7 Å². The van der Waals surface area contributed by atoms with E-state index in [0.29, 0.717) is 38.9 Å². The molecule has 186 valence electrons. The average molecular weight is 491 g/mol. The van der Waals surface area contributed by atoms with Gasteiger partial charge >= 0.3 is 0 Å². The number of benzene rings is 2. The number of carbonyl (C=O) groups is 1. The van der Waals surface area contributed by atoms with E-state index < -0.39 is 17.2 Å². The van der Waals surface area contributed by atoms with Crippen molar-refractivity contribution in [3.05, 3.63) is 82.3 Å². The van der Waals surface area contributed by atoms with Crippen LogP contribution in [0.4, 0.5) is 8.78 Å². The number of aliphatic hydroxyl groups is 1. The third-order valence-electron chi connectivity index (χ3n) is 6.77. The van der Waals surface area contributed by atoms with Gasteiger partial charge in [0.05, 0.1) is 35.5 Å². The van der Waals surface area contributed by atoms with Crippen molar-refractivity contribution in [3.8, 4) is 11.1 Å². The maximum absolute atomic E-state index is 15.3. The van der Waals surface area contributed by atoms with Crippen molar-refractivity contribution in [1.29, 1.82) is 0 Å². The van der Waals surface area contributed by atoms with Gasteiger partial charge in [-0.1, -0.05) is 26.0 Å². The minimum absolute atomic E-state index is 0.167. The van der Waals surface area contributed by atoms with E-state index >= 15 is 8.78 Å². The first kappa shape index (κ1) is 24.1. The second kappa shape index (κ2) is 8.48. The maximum atomic E-state index is 15.3. The van der Waals surface area contributed by atoms with Gasteiger partial charge in [0, 0.05) is 36.0 Å². The first-order chi connectivity index (χ1) is 16.9. The second-order valence-electron chi connectivity index (χ2n) is 10.3. The molecule has 4 aromatic rings. The van der Waals surface area contributed by atoms with E-state index in [1.54, 1.807) is 50.1 Å². The van der Waals surface area contributed by atoms with Crippen LogP contribution in [0.1, 0.15) is 66.4 Å². The standard InChI is InChI=1S/C28H28F2N4O2/c1-15(2)17-8-19-25(31-11-17)14-34(27(19)35)13-21-23(29)9-16(10-24(21)30)18-6-7-22(28(3,4)36)26-20(18)12-33(5)32-26/h6-12,15,36H,13-14H2,1-5H3. The van der Waals surface area contributed by atoms with E-state index in [1.165, 1.54) is 17.0 Å². The molecule has 2 aromatic heterocycles. The van der Waals surface area contributed by atoms with Crippen LogP contribution in [0.25, 0.3) is 22.0 Å². The maximum Gasteiger partial charge on any atom is 0.256 e. The molecule has 0 atom stereocenters. The predicted molar refractivity (Wildman–Crippen MR) is 133 cm³/mol. The number of rotatable bonds is 5. The van der Waals surface area contributed by atoms with E-state index in [1.807, 2.05) is 19.9 Å². The number of pyridine rings is 1. The van der Waals surface area contributed by atoms with Crippen LogP contribution in [0, 0.1) is 11.6 Å². The molecule has 0 fully saturated rings. The highest BCUT2D eigenvalue weighted by atomic mass is 19.1. The summed E-state index contributed by atoms with van der Waals surface area (Å²) in [5, 5.41) is 15.7. The fourth-order valence-corrected chi connectivity index (χ4v) is 4.75. The second-order valence-corrected chi connectivity index (χ2v) is 10.3. The molecule has 0 bridgehead atoms. The van der Waals surface area contributed by atoms with Crippen molar-refractivity contribution in [3.63, 3.8) is 0 Å². The lowest BCUT2D eigenvalue weighted by atomic mass is 9.91. The van der Waals surface area contributed by atoms with Crippen molar-refractivity contribution >= 4 is 16.8 Å². The van der Waals surface area contributed by atoms with Crippen LogP contribution in [0.3, 0.4) is 0 Å². The van der Waals surface area contributed by atoms with Gasteiger partial charge < -0.3 is 10.0 Å². The van der Waals surface area contributed by atoms with E-state index in [2.05, 4.69) is 10.1 Å². The lowest BCUT2D eigenvalue weighted by Gasteiger charge is -2.19. The van der Waals surface area contributed by atoms with E-state index in [9.17, 15) is 9.90 Å². The monoisotopic (exact) mass is 490 g/mol. The molecule has 0 saturated heterocycles. The summed E-state index contributed by atoms with van der Waals surface area (Å²) in [6.45, 7) is 7.39. The molecule has 0 spiro atoms. The smallest absolute Gasteiger partial charge is 0.256 e. The Morgan fingerprint density at radius 2 is 1.81 bits per heavy atom. The molecule has 1 aliphatic heterocycles. The zero-order valence-electron chi connectivity index (χ0n) is 20.9. The lowest BCUT2D eigenvalue weighted by Crippen LogP contribution is -2.24. The normalized spacial score (nSPS) is 13.8. The van der Waals surface area contributed by atoms with Gasteiger partial charge in [-0.25, -0.2) is 8.78 Å². The van der Waals surface area contributed by atoms with Gasteiger partial charge in [-0.15, -0.1) is 0 Å². The Labute approximate surface area is 208 Å². The third kappa shape index (κ3) is 4.05. The topological polar surface area (TPSA) is 71.2 Å². The van der Waals surface area contributed by atoms with Crippen LogP contribution in [0.2, 0.25) is 0 Å². The van der Waals surface area contributed by atoms with Crippen LogP contribution in [-0.2, 0) is 25.7 Å². The minimum Gasteiger partial charge on any atom is -0.386 e. The van der Waals surface area contributed by atoms with Gasteiger partial charge in [0.15, 0.2) is 0 Å². The molecule has 0 unspecified atom stereocenters. The fourth-order valence-electron chi connectivity index (χ4n) is 4.75. The van der Waals surface area contributed by atoms with Gasteiger partial charge in [0.2, 0.25) is 0 Å². The average Bonchev–Trinajstić information content (AvgIpc) is 3.33. The highest BCUT2D eigenvalue weighted by molar-refractivity contribution is 5.98. The molecule has 0 saturated carbocycles. The summed E-state index contributed by atoms with van der Waals surface area (Å²) in [5.41, 5.74) is 2.91. The summed E-state index contributed by atoms with van der Waals surface area (Å²) in [5.74, 6) is -1.51. The van der Waals surface area contributed by atoms with E-state index in [0.717, 1.165) is 5.56 Å². The summed E-state index contributed by atoms with van der Waals surface area (Å²) >= 11 is 0. The van der Waals surface area contributed by atoms with Crippen molar-refractivity contribution in [2.24, 2.45) is 7.05 Å². The van der Waals surface area contributed by atoms with Crippen molar-refractivity contribution in [1.82, 2.24) is 19.7 Å². The van der Waals surface area contributed by atoms with Crippen LogP contribution in [0.5, 0.6) is 0 Å². The molecule has 0 radical (unpaired) electrons. The predicted octanol–water partition coefficient (Wildman–Crippen LogP) is 5.42. The molecule has 2 aromatic carbocycles. The number of aryl methyl sites for hydroxylation is 1. The molecule has 1 aliphatic rings. The van der Waals surface area contributed by atoms with Crippen LogP contribution >= 0.6 is 0 Å². The summed E-state index contributed by atoms with van der Waals surface area (Å²) in [4.78, 5) is 18.8. The fraction of sp³-hybridized carbons (Fsp3) is 0.321. The van der Waals surface area contributed by atoms with Gasteiger partial charge in [0.1, 0.15) is 11.6 Å². The SMILES string of the molecule is CC(C)c1cnc2c(c1)C(=O)N(Cc1c(F)cc(-c3ccc(C(C)(C)O)c4nn(C)cc34)cc1F)C2. The zero-order valence-corrected chi connectivity index (χ0v) is 20.9. The van der Waals surface area contributed by atoms with Gasteiger partial charge in [0.25, 0.3) is 5.91 Å². The number of nitrogens with zero attached hydrogens (tertiary/aromatic N) is 4. The Morgan fingerprint density at radius 1 is 1.11 bits per heavy atom. The van der Waals surface area contributed by atoms with E-state index in [4.69, 9.17) is 0 Å². The van der Waals surface area contributed by atoms with Crippen molar-refractivity contribution < 1.29 is 18.7 Å². The summed E-state index contributed by atoms with van der Waals surface area (Å²) in [6.07, 6.45) is 3.51. The van der Waals surface area contributed by atoms with E-state index in [-0.39, 0.29) is 30.5 Å². The number of hydrogen-bond donors (Lipinski definition) is 1. The number of fused-ring (bicyclic) bond motifs is 2. The molecule has 5 rings (SSSR count). The molecule has 36 heavy (non-hydrogen) atoms. The minimum atomic E-state index is -1.13. The molecule has 1 amide bonds. The molecule has 1 N–H and O–H groups in total. The number of halogens is 2. The zero-order chi connectivity index (χ0) is 25.9. The number of aromatic nitrogens is 3. The largest absolute Gasteiger partial charge is 0.386 e. The Hall–Kier alpha value is -3.65. The molecule has 6 nitrogen and oxygen atoms in total. The highest BCUT2D eigenvalue weighted by Crippen LogP contribution is 2.36. The quantitative estimate of drug-likeness (QED) is 0.406. The van der Waals surface area contributed by atoms with Gasteiger partial charge in [-0.2, -0.15) is 5.10 Å². The first-order valence-corrected chi connectivity index (χ1v) is 11.9. The molecule has 0 aliphatic carbocycles. The Morgan fingerprint density at radius 3 is 2.44 bits per heavy atom. The highest BCUT2D eigenvalue weighted by Gasteiger charge is 2.31. The molecular weight excluding hydrogens is 462 g/mol. The molecule has 3 heterocycles. The first-order valence-electron chi connectivity index (χ1n) is 11.9. The number of amides is 1.